The van der Waals surface area contributed by atoms with Crippen LogP contribution in [0.5, 0.6) is 0 Å². The van der Waals surface area contributed by atoms with Gasteiger partial charge in [-0.1, -0.05) is 35.9 Å². The van der Waals surface area contributed by atoms with Crippen LogP contribution in [0.25, 0.3) is 0 Å². The molecule has 1 amide bonds. The maximum atomic E-state index is 12.2. The van der Waals surface area contributed by atoms with Crippen LogP contribution in [-0.2, 0) is 13.5 Å². The van der Waals surface area contributed by atoms with Crippen molar-refractivity contribution in [3.63, 3.8) is 0 Å². The number of carbonyl (C=O) groups excluding carboxylic acids is 1. The van der Waals surface area contributed by atoms with Crippen molar-refractivity contribution in [2.24, 2.45) is 7.05 Å². The first-order chi connectivity index (χ1) is 10.1. The second-order valence-corrected chi connectivity index (χ2v) is 5.76. The molecule has 2 heterocycles. The lowest BCUT2D eigenvalue weighted by Gasteiger charge is -2.27. The smallest absolute Gasteiger partial charge is 0.268 e. The van der Waals surface area contributed by atoms with Crippen LogP contribution in [-0.4, -0.2) is 23.6 Å². The standard InChI is InChI=1S/C16H18ClN3O.ClH/c1-20-10-12(17)8-15(20)16(21)19-9-14-13-5-3-2-4-11(13)6-7-18-14;/h2-5,8,10,14,18H,6-7,9H2,1H3,(H,19,21);1H. The van der Waals surface area contributed by atoms with E-state index in [0.29, 0.717) is 17.3 Å². The Balaban J connectivity index is 0.00000176. The summed E-state index contributed by atoms with van der Waals surface area (Å²) in [5.41, 5.74) is 3.20. The monoisotopic (exact) mass is 339 g/mol. The quantitative estimate of drug-likeness (QED) is 0.903. The first kappa shape index (κ1) is 16.9. The lowest BCUT2D eigenvalue weighted by atomic mass is 9.94. The largest absolute Gasteiger partial charge is 0.349 e. The molecular weight excluding hydrogens is 321 g/mol. The van der Waals surface area contributed by atoms with E-state index in [9.17, 15) is 4.79 Å². The van der Waals surface area contributed by atoms with Gasteiger partial charge in [-0.3, -0.25) is 4.79 Å². The second-order valence-electron chi connectivity index (χ2n) is 5.32. The van der Waals surface area contributed by atoms with E-state index in [4.69, 9.17) is 11.6 Å². The van der Waals surface area contributed by atoms with Gasteiger partial charge in [0.2, 0.25) is 0 Å². The summed E-state index contributed by atoms with van der Waals surface area (Å²) in [6, 6.07) is 10.2. The van der Waals surface area contributed by atoms with Crippen LogP contribution in [0.4, 0.5) is 0 Å². The topological polar surface area (TPSA) is 46.1 Å². The zero-order valence-electron chi connectivity index (χ0n) is 12.3. The van der Waals surface area contributed by atoms with Gasteiger partial charge in [-0.05, 0) is 30.2 Å². The molecule has 4 nitrogen and oxygen atoms in total. The number of amides is 1. The first-order valence-corrected chi connectivity index (χ1v) is 7.44. The molecule has 0 saturated carbocycles. The molecule has 1 aromatic carbocycles. The van der Waals surface area contributed by atoms with Crippen LogP contribution in [0.1, 0.15) is 27.7 Å². The molecule has 1 aliphatic heterocycles. The Morgan fingerprint density at radius 3 is 2.95 bits per heavy atom. The van der Waals surface area contributed by atoms with Gasteiger partial charge in [0.1, 0.15) is 5.69 Å². The molecule has 2 aromatic rings. The molecule has 0 bridgehead atoms. The fourth-order valence-corrected chi connectivity index (χ4v) is 3.06. The third-order valence-electron chi connectivity index (χ3n) is 3.89. The molecule has 0 radical (unpaired) electrons. The summed E-state index contributed by atoms with van der Waals surface area (Å²) in [7, 11) is 1.81. The normalized spacial score (nSPS) is 16.5. The average Bonchev–Trinajstić information content (AvgIpc) is 2.83. The number of rotatable bonds is 3. The van der Waals surface area contributed by atoms with Gasteiger partial charge < -0.3 is 15.2 Å². The van der Waals surface area contributed by atoms with Crippen LogP contribution in [0.15, 0.2) is 36.5 Å². The van der Waals surface area contributed by atoms with Crippen molar-refractivity contribution in [2.45, 2.75) is 12.5 Å². The summed E-state index contributed by atoms with van der Waals surface area (Å²) in [5.74, 6) is -0.103. The molecule has 3 rings (SSSR count). The predicted octanol–water partition coefficient (Wildman–Crippen LogP) is 2.72. The second kappa shape index (κ2) is 7.18. The molecule has 118 valence electrons. The molecule has 1 unspecified atom stereocenters. The highest BCUT2D eigenvalue weighted by Gasteiger charge is 2.20. The summed E-state index contributed by atoms with van der Waals surface area (Å²) in [6.07, 6.45) is 2.76. The Bertz CT molecular complexity index is 669. The van der Waals surface area contributed by atoms with Gasteiger partial charge in [0.15, 0.2) is 0 Å². The molecule has 0 aliphatic carbocycles. The van der Waals surface area contributed by atoms with Crippen molar-refractivity contribution in [2.75, 3.05) is 13.1 Å². The highest BCUT2D eigenvalue weighted by atomic mass is 35.5. The van der Waals surface area contributed by atoms with Crippen molar-refractivity contribution in [3.8, 4) is 0 Å². The van der Waals surface area contributed by atoms with E-state index in [2.05, 4.69) is 28.8 Å². The number of fused-ring (bicyclic) bond motifs is 1. The van der Waals surface area contributed by atoms with Gasteiger partial charge in [0, 0.05) is 25.8 Å². The lowest BCUT2D eigenvalue weighted by molar-refractivity contribution is 0.0941. The number of aryl methyl sites for hydroxylation is 1. The first-order valence-electron chi connectivity index (χ1n) is 7.06. The van der Waals surface area contributed by atoms with E-state index < -0.39 is 0 Å². The van der Waals surface area contributed by atoms with Crippen LogP contribution < -0.4 is 10.6 Å². The highest BCUT2D eigenvalue weighted by molar-refractivity contribution is 6.31. The van der Waals surface area contributed by atoms with Crippen molar-refractivity contribution in [3.05, 3.63) is 58.4 Å². The average molecular weight is 340 g/mol. The zero-order chi connectivity index (χ0) is 14.8. The van der Waals surface area contributed by atoms with E-state index in [1.807, 2.05) is 13.1 Å². The summed E-state index contributed by atoms with van der Waals surface area (Å²) < 4.78 is 1.74. The van der Waals surface area contributed by atoms with Crippen molar-refractivity contribution < 1.29 is 4.79 Å². The van der Waals surface area contributed by atoms with Gasteiger partial charge in [0.25, 0.3) is 5.91 Å². The molecular formula is C16H19Cl2N3O. The Kier molecular flexibility index (Phi) is 5.51. The summed E-state index contributed by atoms with van der Waals surface area (Å²) >= 11 is 5.91. The Labute approximate surface area is 141 Å². The third kappa shape index (κ3) is 3.46. The van der Waals surface area contributed by atoms with E-state index in [1.165, 1.54) is 11.1 Å². The molecule has 1 aromatic heterocycles. The minimum Gasteiger partial charge on any atom is -0.349 e. The van der Waals surface area contributed by atoms with Crippen LogP contribution in [0.2, 0.25) is 5.02 Å². The molecule has 22 heavy (non-hydrogen) atoms. The fourth-order valence-electron chi connectivity index (χ4n) is 2.81. The van der Waals surface area contributed by atoms with Gasteiger partial charge >= 0.3 is 0 Å². The molecule has 0 fully saturated rings. The number of hydrogen-bond acceptors (Lipinski definition) is 2. The number of benzene rings is 1. The SMILES string of the molecule is Cl.Cn1cc(Cl)cc1C(=O)NCC1NCCc2ccccc21. The van der Waals surface area contributed by atoms with Crippen LogP contribution >= 0.6 is 24.0 Å². The summed E-state index contributed by atoms with van der Waals surface area (Å²) in [6.45, 7) is 1.51. The zero-order valence-corrected chi connectivity index (χ0v) is 13.9. The Hall–Kier alpha value is -1.49. The van der Waals surface area contributed by atoms with E-state index in [0.717, 1.165) is 13.0 Å². The van der Waals surface area contributed by atoms with Gasteiger partial charge in [-0.25, -0.2) is 0 Å². The maximum absolute atomic E-state index is 12.2. The molecule has 6 heteroatoms. The number of nitrogens with one attached hydrogen (secondary N) is 2. The van der Waals surface area contributed by atoms with Crippen LogP contribution in [0.3, 0.4) is 0 Å². The van der Waals surface area contributed by atoms with Crippen LogP contribution in [0, 0.1) is 0 Å². The minimum absolute atomic E-state index is 0. The highest BCUT2D eigenvalue weighted by Crippen LogP contribution is 2.22. The molecule has 1 atom stereocenters. The molecule has 1 aliphatic rings. The molecule has 0 saturated heterocycles. The van der Waals surface area contributed by atoms with Crippen molar-refractivity contribution in [1.29, 1.82) is 0 Å². The summed E-state index contributed by atoms with van der Waals surface area (Å²) in [4.78, 5) is 12.2. The number of halogens is 2. The number of nitrogens with zero attached hydrogens (tertiary/aromatic N) is 1. The summed E-state index contributed by atoms with van der Waals surface area (Å²) in [5, 5.41) is 7.01. The third-order valence-corrected chi connectivity index (χ3v) is 4.09. The van der Waals surface area contributed by atoms with E-state index in [-0.39, 0.29) is 24.4 Å². The minimum atomic E-state index is -0.103. The number of carbonyl (C=O) groups is 1. The Morgan fingerprint density at radius 1 is 1.45 bits per heavy atom. The lowest BCUT2D eigenvalue weighted by Crippen LogP contribution is -2.39. The van der Waals surface area contributed by atoms with E-state index >= 15 is 0 Å². The van der Waals surface area contributed by atoms with Crippen molar-refractivity contribution >= 4 is 29.9 Å². The predicted molar refractivity (Wildman–Crippen MR) is 90.9 cm³/mol. The molecule has 2 N–H and O–H groups in total. The Morgan fingerprint density at radius 2 is 2.23 bits per heavy atom. The number of hydrogen-bond donors (Lipinski definition) is 2. The van der Waals surface area contributed by atoms with Crippen molar-refractivity contribution in [1.82, 2.24) is 15.2 Å². The van der Waals surface area contributed by atoms with Gasteiger partial charge in [-0.2, -0.15) is 0 Å². The van der Waals surface area contributed by atoms with E-state index in [1.54, 1.807) is 16.8 Å². The fraction of sp³-hybridized carbons (Fsp3) is 0.312. The van der Waals surface area contributed by atoms with Gasteiger partial charge in [0.05, 0.1) is 5.02 Å². The van der Waals surface area contributed by atoms with Gasteiger partial charge in [-0.15, -0.1) is 12.4 Å². The molecule has 0 spiro atoms. The number of aromatic nitrogens is 1. The maximum Gasteiger partial charge on any atom is 0.268 e.